The van der Waals surface area contributed by atoms with Gasteiger partial charge in [0.15, 0.2) is 0 Å². The second kappa shape index (κ2) is 12.9. The molecule has 0 spiro atoms. The fraction of sp³-hybridized carbons (Fsp3) is 0.125. The first-order valence-corrected chi connectivity index (χ1v) is 17.0. The predicted molar refractivity (Wildman–Crippen MR) is 190 cm³/mol. The maximum absolute atomic E-state index is 7.18. The Morgan fingerprint density at radius 2 is 1.51 bits per heavy atom. The fourth-order valence-electron chi connectivity index (χ4n) is 6.01. The first-order chi connectivity index (χ1) is 21.2. The summed E-state index contributed by atoms with van der Waals surface area (Å²) in [4.78, 5) is 3.89. The Bertz CT molecular complexity index is 1900. The van der Waals surface area contributed by atoms with Crippen molar-refractivity contribution in [3.05, 3.63) is 161 Å². The average Bonchev–Trinajstić information content (AvgIpc) is 3.07. The van der Waals surface area contributed by atoms with Crippen LogP contribution in [0.15, 0.2) is 149 Å². The van der Waals surface area contributed by atoms with Crippen LogP contribution in [0.5, 0.6) is 0 Å². The van der Waals surface area contributed by atoms with Crippen LogP contribution in [-0.4, -0.2) is 0 Å². The third-order valence-electron chi connectivity index (χ3n) is 8.28. The van der Waals surface area contributed by atoms with E-state index in [-0.39, 0.29) is 0 Å². The van der Waals surface area contributed by atoms with Gasteiger partial charge in [0.05, 0.1) is 0 Å². The van der Waals surface area contributed by atoms with Crippen molar-refractivity contribution in [2.24, 2.45) is 5.92 Å². The van der Waals surface area contributed by atoms with E-state index in [0.29, 0.717) is 5.92 Å². The van der Waals surface area contributed by atoms with Crippen LogP contribution in [0.25, 0.3) is 37.1 Å². The lowest BCUT2D eigenvalue weighted by molar-refractivity contribution is 0.528. The van der Waals surface area contributed by atoms with E-state index in [0.717, 1.165) is 30.7 Å². The van der Waals surface area contributed by atoms with Crippen LogP contribution >= 0.6 is 34.7 Å². The molecule has 210 valence electrons. The summed E-state index contributed by atoms with van der Waals surface area (Å²) in [6.07, 6.45) is 13.6. The molecule has 3 heteroatoms. The molecule has 1 atom stereocenters. The highest BCUT2D eigenvalue weighted by Gasteiger charge is 2.22. The van der Waals surface area contributed by atoms with Crippen LogP contribution in [-0.2, 0) is 0 Å². The Morgan fingerprint density at radius 3 is 2.35 bits per heavy atom. The molecule has 0 amide bonds. The first kappa shape index (κ1) is 28.1. The van der Waals surface area contributed by atoms with Crippen molar-refractivity contribution in [3.63, 3.8) is 0 Å². The minimum Gasteiger partial charge on any atom is -0.0888 e. The van der Waals surface area contributed by atoms with Gasteiger partial charge in [0, 0.05) is 37.9 Å². The van der Waals surface area contributed by atoms with Gasteiger partial charge < -0.3 is 0 Å². The SMILES string of the molecule is ClC1=C(C=Cc2cc(-c3ccccc3)[s+]c3ccccc23)CCCC1C/C=C1\C=C(c2ccccc2)Sc2ccccc21. The van der Waals surface area contributed by atoms with E-state index in [2.05, 4.69) is 140 Å². The number of hydrogen-bond acceptors (Lipinski definition) is 1. The molecule has 1 aliphatic heterocycles. The van der Waals surface area contributed by atoms with Crippen LogP contribution in [0.3, 0.4) is 0 Å². The van der Waals surface area contributed by atoms with Gasteiger partial charge in [-0.05, 0) is 89.8 Å². The van der Waals surface area contributed by atoms with Gasteiger partial charge in [0.2, 0.25) is 20.9 Å². The molecule has 1 unspecified atom stereocenters. The molecule has 2 heterocycles. The average molecular weight is 612 g/mol. The molecule has 0 saturated carbocycles. The van der Waals surface area contributed by atoms with Crippen LogP contribution in [0.2, 0.25) is 0 Å². The normalized spacial score (nSPS) is 17.8. The zero-order valence-corrected chi connectivity index (χ0v) is 26.3. The number of fused-ring (bicyclic) bond motifs is 2. The second-order valence-corrected chi connectivity index (χ2v) is 13.7. The molecule has 1 aliphatic carbocycles. The lowest BCUT2D eigenvalue weighted by Crippen LogP contribution is -2.08. The Labute approximate surface area is 267 Å². The summed E-state index contributed by atoms with van der Waals surface area (Å²) in [5.74, 6) is 0.340. The number of allylic oxidation sites excluding steroid dienone is 6. The summed E-state index contributed by atoms with van der Waals surface area (Å²) in [6.45, 7) is 0. The molecule has 2 aliphatic rings. The molecule has 1 aromatic heterocycles. The summed E-state index contributed by atoms with van der Waals surface area (Å²) in [6, 6.07) is 41.2. The molecular weight excluding hydrogens is 580 g/mol. The van der Waals surface area contributed by atoms with Gasteiger partial charge in [-0.15, -0.1) is 0 Å². The minimum absolute atomic E-state index is 0.340. The smallest absolute Gasteiger partial charge is 0.0888 e. The standard InChI is InChI=1S/C40H32ClS2/c41-40-30(22-24-32-26-38(28-12-3-1-4-13-28)42-36-20-9-7-18-34(32)36)16-11-17-31(40)23-25-33-27-39(29-14-5-2-6-15-29)43-37-21-10-8-19-35(33)37/h1-10,12-15,18-22,24-27,31H,11,16-17,23H2/q+1/b24-22?,33-25+. The molecule has 43 heavy (non-hydrogen) atoms. The first-order valence-electron chi connectivity index (χ1n) is 15.0. The molecule has 0 saturated heterocycles. The van der Waals surface area contributed by atoms with E-state index < -0.39 is 0 Å². The van der Waals surface area contributed by atoms with E-state index in [9.17, 15) is 0 Å². The molecule has 5 aromatic rings. The molecule has 0 N–H and O–H groups in total. The van der Waals surface area contributed by atoms with Gasteiger partial charge >= 0.3 is 0 Å². The van der Waals surface area contributed by atoms with Gasteiger partial charge in [-0.2, -0.15) is 0 Å². The van der Waals surface area contributed by atoms with Crippen LogP contribution in [0.1, 0.15) is 42.4 Å². The Balaban J connectivity index is 1.18. The Morgan fingerprint density at radius 1 is 0.791 bits per heavy atom. The molecular formula is C40H32ClS2+. The summed E-state index contributed by atoms with van der Waals surface area (Å²) in [5.41, 5.74) is 7.64. The number of rotatable bonds is 6. The highest BCUT2D eigenvalue weighted by Crippen LogP contribution is 2.45. The maximum Gasteiger partial charge on any atom is 0.239 e. The highest BCUT2D eigenvalue weighted by molar-refractivity contribution is 8.08. The summed E-state index contributed by atoms with van der Waals surface area (Å²) in [7, 11) is 0. The van der Waals surface area contributed by atoms with Crippen molar-refractivity contribution in [2.75, 3.05) is 0 Å². The topological polar surface area (TPSA) is 0 Å². The summed E-state index contributed by atoms with van der Waals surface area (Å²) >= 11 is 10.9. The molecule has 0 bridgehead atoms. The van der Waals surface area contributed by atoms with E-state index >= 15 is 0 Å². The zero-order valence-electron chi connectivity index (χ0n) is 23.9. The Kier molecular flexibility index (Phi) is 8.43. The lowest BCUT2D eigenvalue weighted by Gasteiger charge is -2.24. The largest absolute Gasteiger partial charge is 0.239 e. The van der Waals surface area contributed by atoms with E-state index in [1.807, 2.05) is 23.1 Å². The number of thioether (sulfide) groups is 1. The minimum atomic E-state index is 0.340. The number of halogens is 1. The van der Waals surface area contributed by atoms with Crippen LogP contribution < -0.4 is 0 Å². The van der Waals surface area contributed by atoms with Crippen molar-refractivity contribution < 1.29 is 0 Å². The summed E-state index contributed by atoms with van der Waals surface area (Å²) in [5, 5.41) is 2.31. The monoisotopic (exact) mass is 611 g/mol. The van der Waals surface area contributed by atoms with E-state index in [1.165, 1.54) is 58.2 Å². The summed E-state index contributed by atoms with van der Waals surface area (Å²) < 4.78 is 1.30. The van der Waals surface area contributed by atoms with Gasteiger partial charge in [0.25, 0.3) is 0 Å². The van der Waals surface area contributed by atoms with Gasteiger partial charge in [-0.25, -0.2) is 0 Å². The zero-order chi connectivity index (χ0) is 29.0. The fourth-order valence-corrected chi connectivity index (χ4v) is 8.60. The number of hydrogen-bond donors (Lipinski definition) is 0. The Hall–Kier alpha value is -3.69. The van der Waals surface area contributed by atoms with Gasteiger partial charge in [-0.3, -0.25) is 0 Å². The predicted octanol–water partition coefficient (Wildman–Crippen LogP) is 12.8. The maximum atomic E-state index is 7.18. The van der Waals surface area contributed by atoms with Crippen molar-refractivity contribution in [1.29, 1.82) is 0 Å². The van der Waals surface area contributed by atoms with Crippen molar-refractivity contribution in [1.82, 2.24) is 0 Å². The quantitative estimate of drug-likeness (QED) is 0.172. The van der Waals surface area contributed by atoms with Crippen LogP contribution in [0, 0.1) is 5.92 Å². The number of benzene rings is 4. The van der Waals surface area contributed by atoms with Crippen molar-refractivity contribution in [2.45, 2.75) is 30.6 Å². The molecule has 0 radical (unpaired) electrons. The van der Waals surface area contributed by atoms with Gasteiger partial charge in [0.1, 0.15) is 0 Å². The van der Waals surface area contributed by atoms with Crippen molar-refractivity contribution >= 4 is 61.3 Å². The molecule has 0 fully saturated rings. The molecule has 0 nitrogen and oxygen atoms in total. The van der Waals surface area contributed by atoms with E-state index in [4.69, 9.17) is 11.6 Å². The van der Waals surface area contributed by atoms with Crippen LogP contribution in [0.4, 0.5) is 0 Å². The third kappa shape index (κ3) is 6.19. The van der Waals surface area contributed by atoms with Crippen molar-refractivity contribution in [3.8, 4) is 10.4 Å². The lowest BCUT2D eigenvalue weighted by atomic mass is 9.86. The third-order valence-corrected chi connectivity index (χ3v) is 11.1. The highest BCUT2D eigenvalue weighted by atomic mass is 35.5. The molecule has 4 aromatic carbocycles. The second-order valence-electron chi connectivity index (χ2n) is 11.1. The molecule has 7 rings (SSSR count). The van der Waals surface area contributed by atoms with Gasteiger partial charge in [-0.1, -0.05) is 120 Å². The van der Waals surface area contributed by atoms with E-state index in [1.54, 1.807) is 0 Å².